The Morgan fingerprint density at radius 1 is 1.45 bits per heavy atom. The zero-order valence-corrected chi connectivity index (χ0v) is 11.3. The number of aliphatic hydroxyl groups is 1. The lowest BCUT2D eigenvalue weighted by molar-refractivity contribution is 0.116. The summed E-state index contributed by atoms with van der Waals surface area (Å²) in [4.78, 5) is 13.3. The summed E-state index contributed by atoms with van der Waals surface area (Å²) >= 11 is 0. The van der Waals surface area contributed by atoms with Crippen LogP contribution in [0.3, 0.4) is 0 Å². The molecule has 1 aliphatic carbocycles. The minimum absolute atomic E-state index is 0.0445. The van der Waals surface area contributed by atoms with Gasteiger partial charge in [-0.1, -0.05) is 12.5 Å². The maximum absolute atomic E-state index is 13.4. The molecule has 2 rings (SSSR count). The molecule has 4 nitrogen and oxygen atoms in total. The topological polar surface area (TPSA) is 52.6 Å². The van der Waals surface area contributed by atoms with Gasteiger partial charge in [0.05, 0.1) is 11.8 Å². The number of hydrogen-bond acceptors (Lipinski definition) is 2. The quantitative estimate of drug-likeness (QED) is 0.896. The predicted octanol–water partition coefficient (Wildman–Crippen LogP) is 2.59. The standard InChI is InChI=1S/C14H18F2N2O2/c1-18(8-9-4-2-7-12(9)19)14(20)17-11-6-3-5-10(15)13(11)16/h3,5-6,9,12,19H,2,4,7-8H2,1H3,(H,17,20). The Bertz CT molecular complexity index is 496. The van der Waals surface area contributed by atoms with E-state index >= 15 is 0 Å². The number of hydrogen-bond donors (Lipinski definition) is 2. The van der Waals surface area contributed by atoms with Crippen LogP contribution in [0.15, 0.2) is 18.2 Å². The van der Waals surface area contributed by atoms with Crippen LogP contribution in [0.4, 0.5) is 19.3 Å². The number of carbonyl (C=O) groups excluding carboxylic acids is 1. The first-order valence-electron chi connectivity index (χ1n) is 6.63. The molecule has 6 heteroatoms. The van der Waals surface area contributed by atoms with Gasteiger partial charge < -0.3 is 15.3 Å². The van der Waals surface area contributed by atoms with Crippen molar-refractivity contribution < 1.29 is 18.7 Å². The molecule has 0 aromatic heterocycles. The van der Waals surface area contributed by atoms with Crippen LogP contribution in [0.2, 0.25) is 0 Å². The van der Waals surface area contributed by atoms with Gasteiger partial charge in [0.1, 0.15) is 0 Å². The summed E-state index contributed by atoms with van der Waals surface area (Å²) in [6.45, 7) is 0.393. The maximum Gasteiger partial charge on any atom is 0.321 e. The number of rotatable bonds is 3. The molecule has 0 radical (unpaired) electrons. The van der Waals surface area contributed by atoms with Gasteiger partial charge in [-0.3, -0.25) is 0 Å². The van der Waals surface area contributed by atoms with Gasteiger partial charge in [0.2, 0.25) is 0 Å². The third-order valence-electron chi connectivity index (χ3n) is 3.67. The molecule has 0 spiro atoms. The Kier molecular flexibility index (Phi) is 4.54. The first kappa shape index (κ1) is 14.7. The van der Waals surface area contributed by atoms with E-state index in [1.165, 1.54) is 17.0 Å². The second-order valence-electron chi connectivity index (χ2n) is 5.17. The highest BCUT2D eigenvalue weighted by Crippen LogP contribution is 2.26. The molecule has 0 heterocycles. The average Bonchev–Trinajstić information content (AvgIpc) is 2.80. The van der Waals surface area contributed by atoms with Crippen molar-refractivity contribution in [1.82, 2.24) is 4.90 Å². The van der Waals surface area contributed by atoms with Crippen molar-refractivity contribution in [2.24, 2.45) is 5.92 Å². The van der Waals surface area contributed by atoms with Gasteiger partial charge in [-0.25, -0.2) is 13.6 Å². The van der Waals surface area contributed by atoms with Crippen LogP contribution in [0.25, 0.3) is 0 Å². The zero-order valence-electron chi connectivity index (χ0n) is 11.3. The SMILES string of the molecule is CN(CC1CCCC1O)C(=O)Nc1cccc(F)c1F. The summed E-state index contributed by atoms with van der Waals surface area (Å²) < 4.78 is 26.5. The molecule has 1 saturated carbocycles. The van der Waals surface area contributed by atoms with Crippen molar-refractivity contribution in [2.75, 3.05) is 18.9 Å². The second kappa shape index (κ2) is 6.17. The Morgan fingerprint density at radius 3 is 2.85 bits per heavy atom. The summed E-state index contributed by atoms with van der Waals surface area (Å²) in [7, 11) is 1.57. The van der Waals surface area contributed by atoms with Crippen molar-refractivity contribution in [2.45, 2.75) is 25.4 Å². The van der Waals surface area contributed by atoms with Crippen molar-refractivity contribution >= 4 is 11.7 Å². The molecule has 0 aliphatic heterocycles. The summed E-state index contributed by atoms with van der Waals surface area (Å²) in [5.41, 5.74) is -0.186. The fourth-order valence-corrected chi connectivity index (χ4v) is 2.48. The summed E-state index contributed by atoms with van der Waals surface area (Å²) in [6.07, 6.45) is 2.17. The van der Waals surface area contributed by atoms with Crippen LogP contribution in [0.1, 0.15) is 19.3 Å². The third kappa shape index (κ3) is 3.25. The fraction of sp³-hybridized carbons (Fsp3) is 0.500. The van der Waals surface area contributed by atoms with E-state index in [0.717, 1.165) is 25.3 Å². The van der Waals surface area contributed by atoms with Crippen molar-refractivity contribution in [1.29, 1.82) is 0 Å². The normalized spacial score (nSPS) is 21.8. The lowest BCUT2D eigenvalue weighted by Crippen LogP contribution is -2.37. The maximum atomic E-state index is 13.4. The van der Waals surface area contributed by atoms with Crippen LogP contribution >= 0.6 is 0 Å². The minimum atomic E-state index is -1.07. The van der Waals surface area contributed by atoms with E-state index in [1.54, 1.807) is 7.05 Å². The lowest BCUT2D eigenvalue weighted by atomic mass is 10.1. The van der Waals surface area contributed by atoms with Crippen LogP contribution in [0.5, 0.6) is 0 Å². The van der Waals surface area contributed by atoms with Gasteiger partial charge in [-0.2, -0.15) is 0 Å². The molecule has 2 amide bonds. The predicted molar refractivity (Wildman–Crippen MR) is 71.4 cm³/mol. The van der Waals surface area contributed by atoms with Crippen LogP contribution in [0, 0.1) is 17.6 Å². The number of amides is 2. The Balaban J connectivity index is 1.95. The highest BCUT2D eigenvalue weighted by molar-refractivity contribution is 5.89. The van der Waals surface area contributed by atoms with Crippen LogP contribution in [-0.4, -0.2) is 35.7 Å². The van der Waals surface area contributed by atoms with E-state index < -0.39 is 23.8 Å². The molecule has 2 N–H and O–H groups in total. The molecular formula is C14H18F2N2O2. The van der Waals surface area contributed by atoms with E-state index in [4.69, 9.17) is 0 Å². The van der Waals surface area contributed by atoms with Gasteiger partial charge in [0.25, 0.3) is 0 Å². The smallest absolute Gasteiger partial charge is 0.321 e. The molecule has 110 valence electrons. The Hall–Kier alpha value is -1.69. The van der Waals surface area contributed by atoms with Gasteiger partial charge in [-0.05, 0) is 25.0 Å². The molecule has 0 saturated heterocycles. The molecule has 2 unspecified atom stereocenters. The number of nitrogens with one attached hydrogen (secondary N) is 1. The van der Waals surface area contributed by atoms with Gasteiger partial charge in [0, 0.05) is 19.5 Å². The van der Waals surface area contributed by atoms with Gasteiger partial charge in [-0.15, -0.1) is 0 Å². The average molecular weight is 284 g/mol. The number of urea groups is 1. The number of aliphatic hydroxyl groups excluding tert-OH is 1. The highest BCUT2D eigenvalue weighted by Gasteiger charge is 2.27. The van der Waals surface area contributed by atoms with Gasteiger partial charge in [0.15, 0.2) is 11.6 Å². The van der Waals surface area contributed by atoms with E-state index in [9.17, 15) is 18.7 Å². The first-order valence-corrected chi connectivity index (χ1v) is 6.63. The zero-order chi connectivity index (χ0) is 14.7. The third-order valence-corrected chi connectivity index (χ3v) is 3.67. The van der Waals surface area contributed by atoms with Crippen LogP contribution < -0.4 is 5.32 Å². The number of benzene rings is 1. The van der Waals surface area contributed by atoms with Gasteiger partial charge >= 0.3 is 6.03 Å². The van der Waals surface area contributed by atoms with E-state index in [2.05, 4.69) is 5.32 Å². The van der Waals surface area contributed by atoms with E-state index in [1.807, 2.05) is 0 Å². The van der Waals surface area contributed by atoms with Crippen molar-refractivity contribution in [3.63, 3.8) is 0 Å². The van der Waals surface area contributed by atoms with E-state index in [0.29, 0.717) is 6.54 Å². The Labute approximate surface area is 116 Å². The summed E-state index contributed by atoms with van der Waals surface area (Å²) in [5, 5.41) is 12.1. The number of nitrogens with zero attached hydrogens (tertiary/aromatic N) is 1. The molecule has 1 fully saturated rings. The fourth-order valence-electron chi connectivity index (χ4n) is 2.48. The Morgan fingerprint density at radius 2 is 2.20 bits per heavy atom. The molecule has 20 heavy (non-hydrogen) atoms. The molecule has 1 aromatic carbocycles. The number of halogens is 2. The second-order valence-corrected chi connectivity index (χ2v) is 5.17. The van der Waals surface area contributed by atoms with Crippen LogP contribution in [-0.2, 0) is 0 Å². The van der Waals surface area contributed by atoms with E-state index in [-0.39, 0.29) is 11.6 Å². The number of carbonyl (C=O) groups is 1. The minimum Gasteiger partial charge on any atom is -0.393 e. The molecule has 1 aliphatic rings. The highest BCUT2D eigenvalue weighted by atomic mass is 19.2. The summed E-state index contributed by atoms with van der Waals surface area (Å²) in [5.74, 6) is -2.03. The molecule has 2 atom stereocenters. The lowest BCUT2D eigenvalue weighted by Gasteiger charge is -2.23. The summed E-state index contributed by atoms with van der Waals surface area (Å²) in [6, 6.07) is 3.10. The van der Waals surface area contributed by atoms with Crippen molar-refractivity contribution in [3.05, 3.63) is 29.8 Å². The first-order chi connectivity index (χ1) is 9.49. The largest absolute Gasteiger partial charge is 0.393 e. The van der Waals surface area contributed by atoms with Crippen molar-refractivity contribution in [3.8, 4) is 0 Å². The molecule has 0 bridgehead atoms. The monoisotopic (exact) mass is 284 g/mol. The molecule has 1 aromatic rings. The number of anilines is 1. The molecular weight excluding hydrogens is 266 g/mol.